The molecule has 4 nitrogen and oxygen atoms in total. The molecule has 1 aliphatic carbocycles. The number of anilines is 2. The van der Waals surface area contributed by atoms with E-state index in [1.54, 1.807) is 18.4 Å². The minimum absolute atomic E-state index is 0.128. The number of rotatable bonds is 3. The van der Waals surface area contributed by atoms with Crippen molar-refractivity contribution in [3.8, 4) is 5.75 Å². The molecule has 2 atom stereocenters. The number of fused-ring (bicyclic) bond motifs is 1. The van der Waals surface area contributed by atoms with E-state index in [1.807, 2.05) is 24.3 Å². The first-order valence-electron chi connectivity index (χ1n) is 9.78. The lowest BCUT2D eigenvalue weighted by Gasteiger charge is -2.29. The summed E-state index contributed by atoms with van der Waals surface area (Å²) in [6.45, 7) is 0. The molecule has 5 heteroatoms. The van der Waals surface area contributed by atoms with Gasteiger partial charge in [-0.2, -0.15) is 11.3 Å². The van der Waals surface area contributed by atoms with E-state index in [9.17, 15) is 4.79 Å². The predicted octanol–water partition coefficient (Wildman–Crippen LogP) is 5.74. The number of nitrogens with one attached hydrogen (secondary N) is 2. The summed E-state index contributed by atoms with van der Waals surface area (Å²) >= 11 is 1.66. The third kappa shape index (κ3) is 3.32. The zero-order valence-electron chi connectivity index (χ0n) is 16.1. The maximum Gasteiger partial charge on any atom is 0.163 e. The van der Waals surface area contributed by atoms with Gasteiger partial charge in [-0.25, -0.2) is 0 Å². The Balaban J connectivity index is 1.56. The molecule has 0 amide bonds. The summed E-state index contributed by atoms with van der Waals surface area (Å²) in [6.07, 6.45) is 1.33. The number of allylic oxidation sites excluding steroid dienone is 1. The highest BCUT2D eigenvalue weighted by Gasteiger charge is 2.36. The number of methoxy groups -OCH3 is 1. The zero-order chi connectivity index (χ0) is 19.8. The Labute approximate surface area is 174 Å². The Hall–Kier alpha value is -3.05. The first-order chi connectivity index (χ1) is 14.2. The van der Waals surface area contributed by atoms with Gasteiger partial charge < -0.3 is 15.4 Å². The summed E-state index contributed by atoms with van der Waals surface area (Å²) in [5.41, 5.74) is 6.23. The van der Waals surface area contributed by atoms with Crippen molar-refractivity contribution in [1.82, 2.24) is 0 Å². The highest BCUT2D eigenvalue weighted by molar-refractivity contribution is 7.08. The number of hydrogen-bond acceptors (Lipinski definition) is 5. The Morgan fingerprint density at radius 3 is 2.48 bits per heavy atom. The van der Waals surface area contributed by atoms with Crippen LogP contribution < -0.4 is 15.4 Å². The van der Waals surface area contributed by atoms with Gasteiger partial charge in [-0.1, -0.05) is 24.3 Å². The van der Waals surface area contributed by atoms with Crippen LogP contribution in [0.2, 0.25) is 0 Å². The molecular formula is C24H22N2O2S. The van der Waals surface area contributed by atoms with Gasteiger partial charge in [0.15, 0.2) is 5.78 Å². The van der Waals surface area contributed by atoms with Gasteiger partial charge in [0, 0.05) is 17.7 Å². The van der Waals surface area contributed by atoms with Crippen LogP contribution >= 0.6 is 11.3 Å². The number of carbonyl (C=O) groups excluding carboxylic acids is 1. The van der Waals surface area contributed by atoms with Crippen LogP contribution in [0.5, 0.6) is 5.75 Å². The second-order valence-corrected chi connectivity index (χ2v) is 8.28. The van der Waals surface area contributed by atoms with E-state index in [2.05, 4.69) is 51.7 Å². The number of hydrogen-bond donors (Lipinski definition) is 2. The topological polar surface area (TPSA) is 50.4 Å². The molecule has 0 bridgehead atoms. The molecule has 146 valence electrons. The van der Waals surface area contributed by atoms with Crippen molar-refractivity contribution in [2.45, 2.75) is 24.8 Å². The predicted molar refractivity (Wildman–Crippen MR) is 118 cm³/mol. The summed E-state index contributed by atoms with van der Waals surface area (Å²) < 4.78 is 5.28. The molecule has 0 unspecified atom stereocenters. The Morgan fingerprint density at radius 2 is 1.76 bits per heavy atom. The van der Waals surface area contributed by atoms with Crippen molar-refractivity contribution in [1.29, 1.82) is 0 Å². The Morgan fingerprint density at radius 1 is 0.966 bits per heavy atom. The molecule has 0 spiro atoms. The summed E-state index contributed by atoms with van der Waals surface area (Å²) in [4.78, 5) is 13.4. The van der Waals surface area contributed by atoms with Crippen LogP contribution in [0, 0.1) is 0 Å². The van der Waals surface area contributed by atoms with E-state index in [0.717, 1.165) is 40.4 Å². The van der Waals surface area contributed by atoms with Crippen molar-refractivity contribution in [2.75, 3.05) is 17.7 Å². The fraction of sp³-hybridized carbons (Fsp3) is 0.208. The number of ether oxygens (including phenoxy) is 1. The summed E-state index contributed by atoms with van der Waals surface area (Å²) in [6, 6.07) is 18.2. The molecule has 0 fully saturated rings. The molecule has 29 heavy (non-hydrogen) atoms. The van der Waals surface area contributed by atoms with Gasteiger partial charge in [0.1, 0.15) is 5.75 Å². The summed E-state index contributed by atoms with van der Waals surface area (Å²) in [7, 11) is 1.67. The molecule has 0 saturated carbocycles. The number of ketones is 1. The quantitative estimate of drug-likeness (QED) is 0.587. The van der Waals surface area contributed by atoms with Gasteiger partial charge >= 0.3 is 0 Å². The van der Waals surface area contributed by atoms with Gasteiger partial charge in [0.05, 0.1) is 24.5 Å². The number of carbonyl (C=O) groups is 1. The van der Waals surface area contributed by atoms with E-state index < -0.39 is 0 Å². The maximum absolute atomic E-state index is 13.4. The van der Waals surface area contributed by atoms with E-state index in [1.165, 1.54) is 5.56 Å². The lowest BCUT2D eigenvalue weighted by molar-refractivity contribution is -0.116. The highest BCUT2D eigenvalue weighted by atomic mass is 32.1. The monoisotopic (exact) mass is 402 g/mol. The van der Waals surface area contributed by atoms with Crippen LogP contribution in [0.4, 0.5) is 11.4 Å². The maximum atomic E-state index is 13.4. The minimum Gasteiger partial charge on any atom is -0.497 e. The van der Waals surface area contributed by atoms with Gasteiger partial charge in [0.2, 0.25) is 0 Å². The third-order valence-electron chi connectivity index (χ3n) is 5.77. The van der Waals surface area contributed by atoms with Gasteiger partial charge in [-0.05, 0) is 64.6 Å². The van der Waals surface area contributed by atoms with Crippen molar-refractivity contribution >= 4 is 28.5 Å². The molecular weight excluding hydrogens is 380 g/mol. The van der Waals surface area contributed by atoms with Crippen LogP contribution in [-0.2, 0) is 4.79 Å². The van der Waals surface area contributed by atoms with E-state index in [4.69, 9.17) is 4.74 Å². The first kappa shape index (κ1) is 18.0. The standard InChI is InChI=1S/C24H22N2O2S/c1-28-18-8-6-15(7-9-18)17-12-21-23(22(27)13-17)24(16-10-11-29-14-16)26-20-5-3-2-4-19(20)25-21/h2-11,14,17,24-26H,12-13H2,1H3/t17-,24-/m1/s1. The number of benzene rings is 2. The van der Waals surface area contributed by atoms with Crippen LogP contribution in [0.25, 0.3) is 0 Å². The first-order valence-corrected chi connectivity index (χ1v) is 10.7. The smallest absolute Gasteiger partial charge is 0.163 e. The van der Waals surface area contributed by atoms with E-state index in [0.29, 0.717) is 6.42 Å². The molecule has 0 radical (unpaired) electrons. The van der Waals surface area contributed by atoms with Gasteiger partial charge in [-0.3, -0.25) is 4.79 Å². The molecule has 3 aromatic rings. The van der Waals surface area contributed by atoms with E-state index >= 15 is 0 Å². The fourth-order valence-corrected chi connectivity index (χ4v) is 4.98. The SMILES string of the molecule is COc1ccc([C@H]2CC(=O)C3=C(C2)Nc2ccccc2N[C@@H]3c2ccsc2)cc1. The molecule has 5 rings (SSSR count). The third-order valence-corrected chi connectivity index (χ3v) is 6.47. The van der Waals surface area contributed by atoms with Crippen LogP contribution in [0.15, 0.2) is 76.6 Å². The summed E-state index contributed by atoms with van der Waals surface area (Å²) in [5, 5.41) is 11.4. The Bertz CT molecular complexity index is 1070. The minimum atomic E-state index is -0.128. The fourth-order valence-electron chi connectivity index (χ4n) is 4.29. The molecule has 2 aromatic carbocycles. The average molecular weight is 403 g/mol. The molecule has 0 saturated heterocycles. The zero-order valence-corrected chi connectivity index (χ0v) is 17.0. The van der Waals surface area contributed by atoms with Crippen LogP contribution in [0.1, 0.15) is 35.9 Å². The number of Topliss-reactive ketones (excluding diaryl/α,β-unsaturated/α-hetero) is 1. The van der Waals surface area contributed by atoms with Crippen LogP contribution in [0.3, 0.4) is 0 Å². The normalized spacial score (nSPS) is 20.8. The number of thiophene rings is 1. The molecule has 1 aliphatic heterocycles. The van der Waals surface area contributed by atoms with Crippen LogP contribution in [-0.4, -0.2) is 12.9 Å². The Kier molecular flexibility index (Phi) is 4.60. The van der Waals surface area contributed by atoms with Crippen molar-refractivity contribution in [3.05, 3.63) is 87.8 Å². The largest absolute Gasteiger partial charge is 0.497 e. The second kappa shape index (κ2) is 7.41. The van der Waals surface area contributed by atoms with E-state index in [-0.39, 0.29) is 17.7 Å². The molecule has 2 aliphatic rings. The van der Waals surface area contributed by atoms with Crippen molar-refractivity contribution in [2.24, 2.45) is 0 Å². The lowest BCUT2D eigenvalue weighted by Crippen LogP contribution is -2.26. The lowest BCUT2D eigenvalue weighted by atomic mass is 9.79. The second-order valence-electron chi connectivity index (χ2n) is 7.50. The van der Waals surface area contributed by atoms with Crippen molar-refractivity contribution < 1.29 is 9.53 Å². The molecule has 2 N–H and O–H groups in total. The molecule has 1 aromatic heterocycles. The average Bonchev–Trinajstić information content (AvgIpc) is 3.22. The van der Waals surface area contributed by atoms with Gasteiger partial charge in [-0.15, -0.1) is 0 Å². The summed E-state index contributed by atoms with van der Waals surface area (Å²) in [5.74, 6) is 1.20. The van der Waals surface area contributed by atoms with Crippen molar-refractivity contribution in [3.63, 3.8) is 0 Å². The molecule has 2 heterocycles. The van der Waals surface area contributed by atoms with Gasteiger partial charge in [0.25, 0.3) is 0 Å². The highest BCUT2D eigenvalue weighted by Crippen LogP contribution is 2.44. The number of para-hydroxylation sites is 2.